The number of nitrogens with two attached hydrogens (primary N) is 1. The molecule has 4 heteroatoms. The van der Waals surface area contributed by atoms with Crippen molar-refractivity contribution in [2.24, 2.45) is 5.73 Å². The molecule has 2 N–H and O–H groups in total. The Morgan fingerprint density at radius 2 is 2.23 bits per heavy atom. The van der Waals surface area contributed by atoms with Gasteiger partial charge in [0.25, 0.3) is 0 Å². The molecule has 72 valence electrons. The number of benzene rings is 1. The minimum atomic E-state index is -0.381. The van der Waals surface area contributed by atoms with E-state index in [9.17, 15) is 4.39 Å². The molecule has 13 heavy (non-hydrogen) atoms. The number of rotatable bonds is 2. The highest BCUT2D eigenvalue weighted by Crippen LogP contribution is 2.31. The summed E-state index contributed by atoms with van der Waals surface area (Å²) in [5, 5.41) is 0.138. The van der Waals surface area contributed by atoms with Crippen molar-refractivity contribution < 1.29 is 4.39 Å². The van der Waals surface area contributed by atoms with E-state index >= 15 is 0 Å². The summed E-state index contributed by atoms with van der Waals surface area (Å²) in [6.45, 7) is 2.26. The summed E-state index contributed by atoms with van der Waals surface area (Å²) >= 11 is 8.92. The molecule has 1 atom stereocenters. The van der Waals surface area contributed by atoms with Crippen molar-refractivity contribution in [3.8, 4) is 0 Å². The zero-order chi connectivity index (χ0) is 10.0. The Morgan fingerprint density at radius 1 is 1.62 bits per heavy atom. The monoisotopic (exact) mass is 265 g/mol. The van der Waals surface area contributed by atoms with E-state index in [1.165, 1.54) is 6.07 Å². The van der Waals surface area contributed by atoms with E-state index in [0.29, 0.717) is 16.6 Å². The highest BCUT2D eigenvalue weighted by molar-refractivity contribution is 9.10. The Labute approximate surface area is 90.2 Å². The Morgan fingerprint density at radius 3 is 2.77 bits per heavy atom. The van der Waals surface area contributed by atoms with Gasteiger partial charge >= 0.3 is 0 Å². The third kappa shape index (κ3) is 2.22. The number of hydrogen-bond acceptors (Lipinski definition) is 1. The molecule has 0 amide bonds. The Balaban J connectivity index is 3.25. The molecule has 0 saturated heterocycles. The van der Waals surface area contributed by atoms with Crippen LogP contribution in [-0.2, 0) is 0 Å². The van der Waals surface area contributed by atoms with Gasteiger partial charge in [0.2, 0.25) is 0 Å². The van der Waals surface area contributed by atoms with Gasteiger partial charge in [-0.2, -0.15) is 0 Å². The molecule has 0 aliphatic heterocycles. The van der Waals surface area contributed by atoms with Crippen LogP contribution in [0.1, 0.15) is 18.4 Å². The molecule has 0 spiro atoms. The second-order valence-corrected chi connectivity index (χ2v) is 4.16. The first-order valence-electron chi connectivity index (χ1n) is 3.91. The first kappa shape index (κ1) is 11.0. The minimum absolute atomic E-state index is 0.0342. The lowest BCUT2D eigenvalue weighted by atomic mass is 10.0. The Bertz CT molecular complexity index is 317. The first-order valence-corrected chi connectivity index (χ1v) is 5.08. The van der Waals surface area contributed by atoms with Crippen LogP contribution in [0.5, 0.6) is 0 Å². The minimum Gasteiger partial charge on any atom is -0.330 e. The summed E-state index contributed by atoms with van der Waals surface area (Å²) in [5.74, 6) is -0.415. The smallest absolute Gasteiger partial charge is 0.146 e. The average molecular weight is 267 g/mol. The summed E-state index contributed by atoms with van der Waals surface area (Å²) in [6, 6.07) is 3.25. The summed E-state index contributed by atoms with van der Waals surface area (Å²) in [7, 11) is 0. The van der Waals surface area contributed by atoms with Gasteiger partial charge in [0.05, 0.1) is 5.02 Å². The fraction of sp³-hybridized carbons (Fsp3) is 0.333. The van der Waals surface area contributed by atoms with Gasteiger partial charge < -0.3 is 5.73 Å². The van der Waals surface area contributed by atoms with Crippen LogP contribution in [0, 0.1) is 5.82 Å². The van der Waals surface area contributed by atoms with E-state index in [1.54, 1.807) is 6.07 Å². The van der Waals surface area contributed by atoms with Crippen LogP contribution in [0.15, 0.2) is 16.6 Å². The SMILES string of the molecule is CC(CN)c1c(Br)ccc(Cl)c1F. The van der Waals surface area contributed by atoms with Crippen LogP contribution in [0.25, 0.3) is 0 Å². The van der Waals surface area contributed by atoms with Crippen molar-refractivity contribution in [1.82, 2.24) is 0 Å². The lowest BCUT2D eigenvalue weighted by molar-refractivity contribution is 0.589. The fourth-order valence-corrected chi connectivity index (χ4v) is 1.97. The zero-order valence-electron chi connectivity index (χ0n) is 7.15. The molecular weight excluding hydrogens is 256 g/mol. The van der Waals surface area contributed by atoms with Crippen molar-refractivity contribution in [3.05, 3.63) is 33.0 Å². The zero-order valence-corrected chi connectivity index (χ0v) is 9.49. The molecule has 0 radical (unpaired) electrons. The maximum Gasteiger partial charge on any atom is 0.146 e. The van der Waals surface area contributed by atoms with Gasteiger partial charge in [-0.25, -0.2) is 4.39 Å². The normalized spacial score (nSPS) is 13.0. The maximum atomic E-state index is 13.5. The van der Waals surface area contributed by atoms with E-state index < -0.39 is 0 Å². The topological polar surface area (TPSA) is 26.0 Å². The third-order valence-corrected chi connectivity index (χ3v) is 2.91. The van der Waals surface area contributed by atoms with Gasteiger partial charge in [0.15, 0.2) is 0 Å². The van der Waals surface area contributed by atoms with E-state index in [0.717, 1.165) is 0 Å². The lowest BCUT2D eigenvalue weighted by Crippen LogP contribution is -2.11. The summed E-state index contributed by atoms with van der Waals surface area (Å²) in [5.41, 5.74) is 6.01. The molecule has 0 saturated carbocycles. The first-order chi connectivity index (χ1) is 6.07. The van der Waals surface area contributed by atoms with Gasteiger partial charge in [0.1, 0.15) is 5.82 Å². The quantitative estimate of drug-likeness (QED) is 0.817. The standard InChI is InChI=1S/C9H10BrClFN/c1-5(4-13)8-6(10)2-3-7(11)9(8)12/h2-3,5H,4,13H2,1H3. The van der Waals surface area contributed by atoms with Crippen LogP contribution in [0.3, 0.4) is 0 Å². The predicted octanol–water partition coefficient (Wildman–Crippen LogP) is 3.30. The summed E-state index contributed by atoms with van der Waals surface area (Å²) in [4.78, 5) is 0. The van der Waals surface area contributed by atoms with Crippen LogP contribution in [0.2, 0.25) is 5.02 Å². The third-order valence-electron chi connectivity index (χ3n) is 1.93. The summed E-state index contributed by atoms with van der Waals surface area (Å²) in [6.07, 6.45) is 0. The largest absolute Gasteiger partial charge is 0.330 e. The van der Waals surface area contributed by atoms with Crippen LogP contribution in [-0.4, -0.2) is 6.54 Å². The average Bonchev–Trinajstić information content (AvgIpc) is 2.12. The molecule has 0 bridgehead atoms. The van der Waals surface area contributed by atoms with Crippen molar-refractivity contribution >= 4 is 27.5 Å². The second-order valence-electron chi connectivity index (χ2n) is 2.89. The van der Waals surface area contributed by atoms with Gasteiger partial charge in [-0.15, -0.1) is 0 Å². The summed E-state index contributed by atoms with van der Waals surface area (Å²) < 4.78 is 14.2. The van der Waals surface area contributed by atoms with Crippen LogP contribution < -0.4 is 5.73 Å². The molecule has 0 aromatic heterocycles. The molecule has 0 aliphatic rings. The highest BCUT2D eigenvalue weighted by atomic mass is 79.9. The van der Waals surface area contributed by atoms with Gasteiger partial charge in [-0.3, -0.25) is 0 Å². The van der Waals surface area contributed by atoms with Crippen molar-refractivity contribution in [3.63, 3.8) is 0 Å². The molecule has 0 fully saturated rings. The predicted molar refractivity (Wildman–Crippen MR) is 56.6 cm³/mol. The van der Waals surface area contributed by atoms with Gasteiger partial charge in [-0.05, 0) is 24.6 Å². The van der Waals surface area contributed by atoms with E-state index in [4.69, 9.17) is 17.3 Å². The molecule has 0 heterocycles. The molecule has 1 nitrogen and oxygen atoms in total. The molecule has 1 rings (SSSR count). The molecule has 1 unspecified atom stereocenters. The molecule has 0 aliphatic carbocycles. The lowest BCUT2D eigenvalue weighted by Gasteiger charge is -2.12. The molecule has 1 aromatic carbocycles. The van der Waals surface area contributed by atoms with E-state index in [1.807, 2.05) is 6.92 Å². The Hall–Kier alpha value is -0.120. The van der Waals surface area contributed by atoms with Crippen molar-refractivity contribution in [2.75, 3.05) is 6.54 Å². The van der Waals surface area contributed by atoms with Gasteiger partial charge in [-0.1, -0.05) is 34.5 Å². The maximum absolute atomic E-state index is 13.5. The molecule has 1 aromatic rings. The van der Waals surface area contributed by atoms with E-state index in [2.05, 4.69) is 15.9 Å². The van der Waals surface area contributed by atoms with E-state index in [-0.39, 0.29) is 16.8 Å². The van der Waals surface area contributed by atoms with Crippen molar-refractivity contribution in [1.29, 1.82) is 0 Å². The Kier molecular flexibility index (Phi) is 3.71. The fourth-order valence-electron chi connectivity index (χ4n) is 1.11. The second kappa shape index (κ2) is 4.40. The van der Waals surface area contributed by atoms with Gasteiger partial charge in [0, 0.05) is 10.0 Å². The number of halogens is 3. The van der Waals surface area contributed by atoms with Crippen LogP contribution in [0.4, 0.5) is 4.39 Å². The van der Waals surface area contributed by atoms with Crippen molar-refractivity contribution in [2.45, 2.75) is 12.8 Å². The highest BCUT2D eigenvalue weighted by Gasteiger charge is 2.15. The molecular formula is C9H10BrClFN. The number of hydrogen-bond donors (Lipinski definition) is 1. The van der Waals surface area contributed by atoms with Crippen LogP contribution >= 0.6 is 27.5 Å².